The number of hydrogen-bond acceptors (Lipinski definition) is 3. The fourth-order valence-electron chi connectivity index (χ4n) is 1.06. The van der Waals surface area contributed by atoms with Crippen LogP contribution in [0.4, 0.5) is 5.69 Å². The van der Waals surface area contributed by atoms with E-state index < -0.39 is 4.92 Å². The van der Waals surface area contributed by atoms with E-state index in [1.54, 1.807) is 6.08 Å². The second kappa shape index (κ2) is 4.23. The molecule has 14 heavy (non-hydrogen) atoms. The van der Waals surface area contributed by atoms with E-state index in [1.165, 1.54) is 10.9 Å². The van der Waals surface area contributed by atoms with E-state index in [9.17, 15) is 10.1 Å². The molecule has 0 saturated carbocycles. The highest BCUT2D eigenvalue weighted by molar-refractivity contribution is 6.31. The molecule has 1 rings (SSSR count). The smallest absolute Gasteiger partial charge is 0.261 e. The van der Waals surface area contributed by atoms with Crippen LogP contribution in [-0.2, 0) is 0 Å². The molecule has 0 bridgehead atoms. The molecule has 0 spiro atoms. The number of nitrogens with zero attached hydrogens (tertiary/aromatic N) is 3. The molecule has 1 aromatic heterocycles. The van der Waals surface area contributed by atoms with Crippen molar-refractivity contribution in [2.24, 2.45) is 0 Å². The lowest BCUT2D eigenvalue weighted by Gasteiger charge is -2.07. The van der Waals surface area contributed by atoms with Crippen LogP contribution in [0.25, 0.3) is 0 Å². The molecule has 0 aliphatic carbocycles. The molecule has 0 radical (unpaired) electrons. The Morgan fingerprint density at radius 2 is 2.57 bits per heavy atom. The summed E-state index contributed by atoms with van der Waals surface area (Å²) in [5.41, 5.74) is -0.164. The molecule has 1 unspecified atom stereocenters. The Bertz CT molecular complexity index is 361. The fraction of sp³-hybridized carbons (Fsp3) is 0.375. The van der Waals surface area contributed by atoms with Crippen molar-refractivity contribution < 1.29 is 4.92 Å². The van der Waals surface area contributed by atoms with Gasteiger partial charge in [0, 0.05) is 0 Å². The van der Waals surface area contributed by atoms with Crippen LogP contribution in [0.1, 0.15) is 19.4 Å². The first-order valence-corrected chi connectivity index (χ1v) is 4.44. The molecule has 0 amide bonds. The van der Waals surface area contributed by atoms with Crippen LogP contribution >= 0.6 is 11.6 Å². The monoisotopic (exact) mass is 215 g/mol. The zero-order chi connectivity index (χ0) is 10.7. The summed E-state index contributed by atoms with van der Waals surface area (Å²) in [6, 6.07) is 0.0266. The number of nitro groups is 1. The number of aromatic nitrogens is 2. The van der Waals surface area contributed by atoms with Gasteiger partial charge in [0.2, 0.25) is 5.15 Å². The van der Waals surface area contributed by atoms with E-state index in [4.69, 9.17) is 11.6 Å². The highest BCUT2D eigenvalue weighted by Gasteiger charge is 2.18. The first-order chi connectivity index (χ1) is 6.56. The number of allylic oxidation sites excluding steroid dienone is 1. The van der Waals surface area contributed by atoms with E-state index in [0.29, 0.717) is 6.42 Å². The number of hydrogen-bond donors (Lipinski definition) is 0. The van der Waals surface area contributed by atoms with Gasteiger partial charge in [0.15, 0.2) is 0 Å². The lowest BCUT2D eigenvalue weighted by atomic mass is 10.2. The molecule has 0 aromatic carbocycles. The molecule has 0 N–H and O–H groups in total. The van der Waals surface area contributed by atoms with Gasteiger partial charge < -0.3 is 0 Å². The van der Waals surface area contributed by atoms with Crippen molar-refractivity contribution >= 4 is 17.3 Å². The number of halogens is 1. The van der Waals surface area contributed by atoms with Gasteiger partial charge in [-0.2, -0.15) is 5.10 Å². The molecule has 6 heteroatoms. The average molecular weight is 216 g/mol. The van der Waals surface area contributed by atoms with Gasteiger partial charge in [0.1, 0.15) is 6.20 Å². The van der Waals surface area contributed by atoms with Crippen LogP contribution in [0.2, 0.25) is 5.15 Å². The largest absolute Gasteiger partial charge is 0.325 e. The summed E-state index contributed by atoms with van der Waals surface area (Å²) in [5.74, 6) is 0. The van der Waals surface area contributed by atoms with Crippen LogP contribution in [-0.4, -0.2) is 14.7 Å². The maximum absolute atomic E-state index is 10.5. The lowest BCUT2D eigenvalue weighted by molar-refractivity contribution is -0.384. The maximum Gasteiger partial charge on any atom is 0.325 e. The van der Waals surface area contributed by atoms with Gasteiger partial charge in [-0.3, -0.25) is 14.8 Å². The summed E-state index contributed by atoms with van der Waals surface area (Å²) in [6.07, 6.45) is 3.75. The van der Waals surface area contributed by atoms with Crippen molar-refractivity contribution in [3.05, 3.63) is 34.1 Å². The number of rotatable bonds is 4. The first-order valence-electron chi connectivity index (χ1n) is 4.06. The third kappa shape index (κ3) is 2.11. The van der Waals surface area contributed by atoms with Gasteiger partial charge in [-0.15, -0.1) is 6.58 Å². The van der Waals surface area contributed by atoms with Crippen molar-refractivity contribution in [1.29, 1.82) is 0 Å². The molecule has 0 aliphatic rings. The third-order valence-electron chi connectivity index (χ3n) is 1.83. The van der Waals surface area contributed by atoms with Crippen LogP contribution in [0.15, 0.2) is 18.9 Å². The van der Waals surface area contributed by atoms with E-state index in [0.717, 1.165) is 0 Å². The summed E-state index contributed by atoms with van der Waals surface area (Å²) >= 11 is 5.58. The Balaban J connectivity index is 2.95. The van der Waals surface area contributed by atoms with E-state index in [2.05, 4.69) is 11.7 Å². The van der Waals surface area contributed by atoms with Crippen LogP contribution in [0.5, 0.6) is 0 Å². The summed E-state index contributed by atoms with van der Waals surface area (Å²) < 4.78 is 1.47. The van der Waals surface area contributed by atoms with Crippen molar-refractivity contribution in [2.45, 2.75) is 19.4 Å². The van der Waals surface area contributed by atoms with E-state index in [1.807, 2.05) is 6.92 Å². The zero-order valence-corrected chi connectivity index (χ0v) is 8.44. The standard InChI is InChI=1S/C8H10ClN3O2/c1-3-4-6(2)11-5-7(12(13)14)8(9)10-11/h3,5-6H,1,4H2,2H3. The summed E-state index contributed by atoms with van der Waals surface area (Å²) in [6.45, 7) is 5.47. The highest BCUT2D eigenvalue weighted by atomic mass is 35.5. The quantitative estimate of drug-likeness (QED) is 0.441. The maximum atomic E-state index is 10.5. The topological polar surface area (TPSA) is 61.0 Å². The second-order valence-corrected chi connectivity index (χ2v) is 3.27. The van der Waals surface area contributed by atoms with E-state index >= 15 is 0 Å². The van der Waals surface area contributed by atoms with Crippen LogP contribution in [0.3, 0.4) is 0 Å². The normalized spacial score (nSPS) is 12.4. The molecule has 5 nitrogen and oxygen atoms in total. The van der Waals surface area contributed by atoms with Crippen molar-refractivity contribution in [3.63, 3.8) is 0 Å². The highest BCUT2D eigenvalue weighted by Crippen LogP contribution is 2.24. The fourth-order valence-corrected chi connectivity index (χ4v) is 1.26. The molecular weight excluding hydrogens is 206 g/mol. The molecule has 76 valence electrons. The Kier molecular flexibility index (Phi) is 3.24. The molecule has 0 aliphatic heterocycles. The molecule has 0 fully saturated rings. The molecule has 1 atom stereocenters. The predicted octanol–water partition coefficient (Wildman–Crippen LogP) is 2.58. The van der Waals surface area contributed by atoms with Crippen molar-refractivity contribution in [2.75, 3.05) is 0 Å². The van der Waals surface area contributed by atoms with Crippen LogP contribution in [0, 0.1) is 10.1 Å². The molecule has 1 heterocycles. The first kappa shape index (κ1) is 10.7. The Morgan fingerprint density at radius 1 is 1.93 bits per heavy atom. The van der Waals surface area contributed by atoms with Gasteiger partial charge in [-0.1, -0.05) is 17.7 Å². The van der Waals surface area contributed by atoms with Gasteiger partial charge in [-0.05, 0) is 13.3 Å². The van der Waals surface area contributed by atoms with Crippen molar-refractivity contribution in [1.82, 2.24) is 9.78 Å². The van der Waals surface area contributed by atoms with Crippen molar-refractivity contribution in [3.8, 4) is 0 Å². The van der Waals surface area contributed by atoms with Gasteiger partial charge >= 0.3 is 5.69 Å². The third-order valence-corrected chi connectivity index (χ3v) is 2.09. The Hall–Kier alpha value is -1.36. The SMILES string of the molecule is C=CCC(C)n1cc([N+](=O)[O-])c(Cl)n1. The molecule has 0 saturated heterocycles. The van der Waals surface area contributed by atoms with Gasteiger partial charge in [0.05, 0.1) is 11.0 Å². The van der Waals surface area contributed by atoms with E-state index in [-0.39, 0.29) is 16.9 Å². The predicted molar refractivity (Wildman–Crippen MR) is 53.4 cm³/mol. The Labute approximate surface area is 86.1 Å². The minimum Gasteiger partial charge on any atom is -0.261 e. The van der Waals surface area contributed by atoms with Gasteiger partial charge in [-0.25, -0.2) is 0 Å². The minimum atomic E-state index is -0.549. The lowest BCUT2D eigenvalue weighted by Crippen LogP contribution is -2.04. The minimum absolute atomic E-state index is 0.0266. The van der Waals surface area contributed by atoms with Gasteiger partial charge in [0.25, 0.3) is 0 Å². The van der Waals surface area contributed by atoms with Crippen LogP contribution < -0.4 is 0 Å². The Morgan fingerprint density at radius 3 is 3.00 bits per heavy atom. The summed E-state index contributed by atoms with van der Waals surface area (Å²) in [7, 11) is 0. The molecule has 1 aromatic rings. The second-order valence-electron chi connectivity index (χ2n) is 2.92. The average Bonchev–Trinajstić information content (AvgIpc) is 2.48. The summed E-state index contributed by atoms with van der Waals surface area (Å²) in [4.78, 5) is 9.91. The summed E-state index contributed by atoms with van der Waals surface area (Å²) in [5, 5.41) is 14.2. The molecular formula is C8H10ClN3O2. The zero-order valence-electron chi connectivity index (χ0n) is 7.68.